The van der Waals surface area contributed by atoms with Gasteiger partial charge in [-0.1, -0.05) is 11.3 Å². The van der Waals surface area contributed by atoms with E-state index in [0.29, 0.717) is 53.8 Å². The molecule has 1 saturated heterocycles. The highest BCUT2D eigenvalue weighted by Crippen LogP contribution is 2.34. The summed E-state index contributed by atoms with van der Waals surface area (Å²) < 4.78 is 13.2. The normalized spacial score (nSPS) is 19.6. The van der Waals surface area contributed by atoms with Crippen molar-refractivity contribution in [3.05, 3.63) is 64.2 Å². The third-order valence-corrected chi connectivity index (χ3v) is 8.26. The molecule has 5 heterocycles. The summed E-state index contributed by atoms with van der Waals surface area (Å²) in [6.07, 6.45) is 1.93. The van der Waals surface area contributed by atoms with Crippen LogP contribution in [-0.4, -0.2) is 93.0 Å². The molecule has 218 valence electrons. The van der Waals surface area contributed by atoms with E-state index in [-0.39, 0.29) is 49.3 Å². The molecule has 6 rings (SSSR count). The van der Waals surface area contributed by atoms with E-state index in [1.165, 1.54) is 12.0 Å². The van der Waals surface area contributed by atoms with Crippen molar-refractivity contribution < 1.29 is 23.9 Å². The first kappa shape index (κ1) is 27.4. The van der Waals surface area contributed by atoms with Crippen molar-refractivity contribution in [2.45, 2.75) is 19.1 Å². The molecule has 0 aliphatic carbocycles. The monoisotopic (exact) mass is 590 g/mol. The number of aromatic nitrogens is 5. The molecule has 2 bridgehead atoms. The fourth-order valence-corrected chi connectivity index (χ4v) is 5.99. The van der Waals surface area contributed by atoms with Gasteiger partial charge in [-0.15, -0.1) is 5.10 Å². The molecule has 0 unspecified atom stereocenters. The van der Waals surface area contributed by atoms with Crippen molar-refractivity contribution in [2.75, 3.05) is 40.3 Å². The summed E-state index contributed by atoms with van der Waals surface area (Å²) in [5, 5.41) is 22.6. The lowest BCUT2D eigenvalue weighted by molar-refractivity contribution is -0.122. The Morgan fingerprint density at radius 1 is 1.21 bits per heavy atom. The number of hydrogen-bond acceptors (Lipinski definition) is 9. The number of carbonyl (C=O) groups is 3. The van der Waals surface area contributed by atoms with E-state index in [1.807, 2.05) is 16.8 Å². The maximum Gasteiger partial charge on any atom is 0.271 e. The third kappa shape index (κ3) is 5.44. The molecule has 1 fully saturated rings. The third-order valence-electron chi connectivity index (χ3n) is 7.57. The summed E-state index contributed by atoms with van der Waals surface area (Å²) >= 11 is 1.56. The topological polar surface area (TPSA) is 148 Å². The average Bonchev–Trinajstić information content (AvgIpc) is 3.81. The van der Waals surface area contributed by atoms with E-state index in [2.05, 4.69) is 25.8 Å². The highest BCUT2D eigenvalue weighted by molar-refractivity contribution is 7.08. The Labute approximate surface area is 245 Å². The second-order valence-electron chi connectivity index (χ2n) is 10.3. The number of benzene rings is 1. The summed E-state index contributed by atoms with van der Waals surface area (Å²) in [6, 6.07) is 8.54. The van der Waals surface area contributed by atoms with Crippen molar-refractivity contribution in [3.63, 3.8) is 0 Å². The molecule has 1 aromatic carbocycles. The van der Waals surface area contributed by atoms with Crippen LogP contribution in [0.25, 0.3) is 11.3 Å². The Bertz CT molecular complexity index is 1600. The Hall–Kier alpha value is -4.72. The first-order chi connectivity index (χ1) is 20.4. The van der Waals surface area contributed by atoms with Crippen LogP contribution in [0, 0.1) is 5.92 Å². The molecule has 2 aliphatic rings. The largest absolute Gasteiger partial charge is 0.493 e. The Kier molecular flexibility index (Phi) is 7.61. The summed E-state index contributed by atoms with van der Waals surface area (Å²) in [7, 11) is 3.18. The van der Waals surface area contributed by atoms with Crippen LogP contribution in [0.4, 0.5) is 0 Å². The van der Waals surface area contributed by atoms with Crippen LogP contribution >= 0.6 is 11.3 Å². The van der Waals surface area contributed by atoms with Gasteiger partial charge in [0.1, 0.15) is 18.0 Å². The van der Waals surface area contributed by atoms with Gasteiger partial charge in [0.05, 0.1) is 30.6 Å². The lowest BCUT2D eigenvalue weighted by Crippen LogP contribution is -2.37. The number of likely N-dealkylation sites (N-methyl/N-ethyl adjacent to an activating group) is 1. The van der Waals surface area contributed by atoms with Crippen LogP contribution < -0.4 is 14.8 Å². The number of nitrogens with one attached hydrogen (secondary N) is 2. The molecule has 0 saturated carbocycles. The van der Waals surface area contributed by atoms with E-state index in [4.69, 9.17) is 9.47 Å². The summed E-state index contributed by atoms with van der Waals surface area (Å²) in [5.41, 5.74) is 2.89. The average molecular weight is 591 g/mol. The van der Waals surface area contributed by atoms with Crippen LogP contribution in [0.3, 0.4) is 0 Å². The van der Waals surface area contributed by atoms with Gasteiger partial charge in [-0.05, 0) is 29.6 Å². The van der Waals surface area contributed by atoms with Gasteiger partial charge in [-0.2, -0.15) is 16.4 Å². The predicted molar refractivity (Wildman–Crippen MR) is 152 cm³/mol. The number of amides is 3. The van der Waals surface area contributed by atoms with Crippen molar-refractivity contribution in [1.82, 2.24) is 40.3 Å². The minimum atomic E-state index is -0.279. The first-order valence-corrected chi connectivity index (χ1v) is 14.5. The SMILES string of the molecule is COc1cccc2c1OCc1cn(nn1)[C@@H]1CN(C(=O)c3cc(-c4ccsc4)n[nH]3)C[C@@H]1CC(=O)NCCN(C)C2=O. The molecule has 14 heteroatoms. The molecule has 2 atom stereocenters. The Morgan fingerprint density at radius 3 is 2.90 bits per heavy atom. The molecule has 4 aromatic rings. The number of carbonyl (C=O) groups excluding carboxylic acids is 3. The minimum absolute atomic E-state index is 0.0460. The maximum atomic E-state index is 13.5. The fourth-order valence-electron chi connectivity index (χ4n) is 5.34. The van der Waals surface area contributed by atoms with E-state index in [1.54, 1.807) is 58.4 Å². The number of ether oxygens (including phenoxy) is 2. The number of aromatic amines is 1. The molecular formula is C28H30N8O5S. The van der Waals surface area contributed by atoms with Crippen molar-refractivity contribution in [1.29, 1.82) is 0 Å². The molecule has 2 aliphatic heterocycles. The second-order valence-corrected chi connectivity index (χ2v) is 11.1. The smallest absolute Gasteiger partial charge is 0.271 e. The van der Waals surface area contributed by atoms with Crippen LogP contribution in [-0.2, 0) is 11.4 Å². The van der Waals surface area contributed by atoms with Crippen molar-refractivity contribution >= 4 is 29.1 Å². The van der Waals surface area contributed by atoms with Gasteiger partial charge >= 0.3 is 0 Å². The van der Waals surface area contributed by atoms with E-state index >= 15 is 0 Å². The number of H-pyrrole nitrogens is 1. The van der Waals surface area contributed by atoms with Gasteiger partial charge in [0.15, 0.2) is 11.5 Å². The molecule has 3 aromatic heterocycles. The number of likely N-dealkylation sites (tertiary alicyclic amines) is 1. The number of methoxy groups -OCH3 is 1. The van der Waals surface area contributed by atoms with Gasteiger partial charge in [-0.3, -0.25) is 19.5 Å². The van der Waals surface area contributed by atoms with Gasteiger partial charge in [0.25, 0.3) is 11.8 Å². The zero-order valence-corrected chi connectivity index (χ0v) is 24.0. The van der Waals surface area contributed by atoms with Crippen LogP contribution in [0.5, 0.6) is 11.5 Å². The van der Waals surface area contributed by atoms with E-state index in [9.17, 15) is 14.4 Å². The molecular weight excluding hydrogens is 560 g/mol. The van der Waals surface area contributed by atoms with E-state index < -0.39 is 0 Å². The number of nitrogens with zero attached hydrogens (tertiary/aromatic N) is 6. The van der Waals surface area contributed by atoms with Gasteiger partial charge in [0, 0.05) is 56.5 Å². The first-order valence-electron chi connectivity index (χ1n) is 13.5. The van der Waals surface area contributed by atoms with Crippen molar-refractivity contribution in [2.24, 2.45) is 5.92 Å². The minimum Gasteiger partial charge on any atom is -0.493 e. The lowest BCUT2D eigenvalue weighted by Gasteiger charge is -2.21. The highest BCUT2D eigenvalue weighted by Gasteiger charge is 2.39. The Morgan fingerprint density at radius 2 is 2.10 bits per heavy atom. The predicted octanol–water partition coefficient (Wildman–Crippen LogP) is 2.22. The number of para-hydroxylation sites is 1. The fraction of sp³-hybridized carbons (Fsp3) is 0.357. The summed E-state index contributed by atoms with van der Waals surface area (Å²) in [5.74, 6) is -0.118. The second kappa shape index (κ2) is 11.6. The zero-order valence-electron chi connectivity index (χ0n) is 23.1. The maximum absolute atomic E-state index is 13.5. The summed E-state index contributed by atoms with van der Waals surface area (Å²) in [4.78, 5) is 43.0. The van der Waals surface area contributed by atoms with Crippen LogP contribution in [0.15, 0.2) is 47.3 Å². The molecule has 3 amide bonds. The zero-order chi connectivity index (χ0) is 29.2. The summed E-state index contributed by atoms with van der Waals surface area (Å²) in [6.45, 7) is 1.33. The van der Waals surface area contributed by atoms with E-state index in [0.717, 1.165) is 5.56 Å². The number of hydrogen-bond donors (Lipinski definition) is 2. The molecule has 42 heavy (non-hydrogen) atoms. The van der Waals surface area contributed by atoms with Gasteiger partial charge in [-0.25, -0.2) is 4.68 Å². The molecule has 0 spiro atoms. The molecule has 13 nitrogen and oxygen atoms in total. The van der Waals surface area contributed by atoms with Crippen LogP contribution in [0.2, 0.25) is 0 Å². The lowest BCUT2D eigenvalue weighted by atomic mass is 9.99. The molecule has 0 radical (unpaired) electrons. The van der Waals surface area contributed by atoms with Gasteiger partial charge < -0.3 is 24.6 Å². The number of thiophene rings is 1. The quantitative estimate of drug-likeness (QED) is 0.369. The number of fused-ring (bicyclic) bond motifs is 5. The van der Waals surface area contributed by atoms with Crippen molar-refractivity contribution in [3.8, 4) is 22.8 Å². The molecule has 2 N–H and O–H groups in total. The van der Waals surface area contributed by atoms with Gasteiger partial charge in [0.2, 0.25) is 5.91 Å². The standard InChI is InChI=1S/C28H30N8O5S/c1-34-8-7-29-25(37)10-18-12-35(28(39)22-11-21(31-32-22)17-6-9-42-16-17)14-23(18)36-13-19(30-33-36)15-41-26-20(27(34)38)4-3-5-24(26)40-2/h3-6,9,11,13,16,18,23H,7-8,10,12,14-15H2,1-2H3,(H,29,37)(H,31,32)/t18-,23+/m0/s1. The number of rotatable bonds is 3. The van der Waals surface area contributed by atoms with Crippen LogP contribution in [0.1, 0.15) is 39.0 Å². The Balaban J connectivity index is 1.26. The highest BCUT2D eigenvalue weighted by atomic mass is 32.1.